The van der Waals surface area contributed by atoms with Crippen LogP contribution in [-0.4, -0.2) is 36.4 Å². The van der Waals surface area contributed by atoms with Crippen molar-refractivity contribution in [2.75, 3.05) is 26.4 Å². The van der Waals surface area contributed by atoms with Crippen molar-refractivity contribution in [2.45, 2.75) is 0 Å². The minimum absolute atomic E-state index is 0.0116. The molecular weight excluding hydrogens is 204 g/mol. The highest BCUT2D eigenvalue weighted by Crippen LogP contribution is 1.89. The number of carbonyl (C=O) groups is 1. The summed E-state index contributed by atoms with van der Waals surface area (Å²) in [6.45, 7) is 0.796. The van der Waals surface area contributed by atoms with Crippen molar-refractivity contribution >= 4 is 20.8 Å². The molecule has 60 valence electrons. The topological polar surface area (TPSA) is 55.8 Å². The van der Waals surface area contributed by atoms with Crippen molar-refractivity contribution in [3.8, 4) is 0 Å². The summed E-state index contributed by atoms with van der Waals surface area (Å²) in [5, 5.41) is 8.23. The fraction of sp³-hybridized carbons (Fsp3) is 0.800. The molecule has 10 heavy (non-hydrogen) atoms. The Bertz CT molecular complexity index is 95.6. The summed E-state index contributed by atoms with van der Waals surface area (Å²) in [6.07, 6.45) is 0. The maximum atomic E-state index is 10.1. The van der Waals surface area contributed by atoms with E-state index in [0.29, 0.717) is 6.61 Å². The highest BCUT2D eigenvalue weighted by molar-refractivity contribution is 9.18. The average molecular weight is 213 g/mol. The third-order valence-electron chi connectivity index (χ3n) is 0.679. The second-order valence-corrected chi connectivity index (χ2v) is 2.07. The number of ether oxygens (including phenoxy) is 2. The third-order valence-corrected chi connectivity index (χ3v) is 0.908. The second-order valence-electron chi connectivity index (χ2n) is 1.42. The molecule has 0 aromatic rings. The highest BCUT2D eigenvalue weighted by Gasteiger charge is 1.92. The molecule has 0 bridgehead atoms. The Labute approximate surface area is 67.2 Å². The van der Waals surface area contributed by atoms with Gasteiger partial charge < -0.3 is 14.6 Å². The van der Waals surface area contributed by atoms with Gasteiger partial charge in [-0.15, -0.1) is 0 Å². The molecule has 0 unspecified atom stereocenters. The van der Waals surface area contributed by atoms with Crippen LogP contribution in [0.15, 0.2) is 0 Å². The summed E-state index contributed by atoms with van der Waals surface area (Å²) in [4.78, 5) is 9.57. The van der Waals surface area contributed by atoms with Crippen LogP contribution in [0.5, 0.6) is 0 Å². The van der Waals surface area contributed by atoms with E-state index < -0.39 is 4.88 Å². The van der Waals surface area contributed by atoms with Gasteiger partial charge in [0.05, 0.1) is 19.8 Å². The predicted molar refractivity (Wildman–Crippen MR) is 38.2 cm³/mol. The van der Waals surface area contributed by atoms with Crippen molar-refractivity contribution in [3.05, 3.63) is 0 Å². The molecule has 0 radical (unpaired) electrons. The zero-order valence-corrected chi connectivity index (χ0v) is 6.96. The number of aliphatic hydroxyl groups is 1. The Kier molecular flexibility index (Phi) is 6.89. The van der Waals surface area contributed by atoms with Crippen LogP contribution in [-0.2, 0) is 9.47 Å². The fourth-order valence-corrected chi connectivity index (χ4v) is 0.509. The van der Waals surface area contributed by atoms with E-state index >= 15 is 0 Å². The molecule has 0 saturated carbocycles. The van der Waals surface area contributed by atoms with E-state index in [1.807, 2.05) is 0 Å². The average Bonchev–Trinajstić information content (AvgIpc) is 1.87. The number of hydrogen-bond acceptors (Lipinski definition) is 4. The molecule has 0 aromatic carbocycles. The minimum Gasteiger partial charge on any atom is -0.455 e. The van der Waals surface area contributed by atoms with Gasteiger partial charge >= 0.3 is 4.88 Å². The lowest BCUT2D eigenvalue weighted by Crippen LogP contribution is -2.07. The van der Waals surface area contributed by atoms with Crippen LogP contribution >= 0.6 is 15.9 Å². The molecule has 0 heterocycles. The molecule has 0 spiro atoms. The Morgan fingerprint density at radius 1 is 1.40 bits per heavy atom. The van der Waals surface area contributed by atoms with E-state index in [1.165, 1.54) is 0 Å². The quantitative estimate of drug-likeness (QED) is 0.534. The standard InChI is InChI=1S/C5H9BrO4/c6-5(8)10-4-3-9-2-1-7/h7H,1-4H2. The van der Waals surface area contributed by atoms with Crippen molar-refractivity contribution in [2.24, 2.45) is 0 Å². The van der Waals surface area contributed by atoms with Gasteiger partial charge in [0, 0.05) is 15.9 Å². The molecule has 0 fully saturated rings. The Morgan fingerprint density at radius 3 is 2.60 bits per heavy atom. The van der Waals surface area contributed by atoms with Gasteiger partial charge in [0.1, 0.15) is 6.61 Å². The highest BCUT2D eigenvalue weighted by atomic mass is 79.9. The summed E-state index contributed by atoms with van der Waals surface area (Å²) in [5.41, 5.74) is 0. The van der Waals surface area contributed by atoms with Gasteiger partial charge in [0.2, 0.25) is 0 Å². The van der Waals surface area contributed by atoms with Crippen molar-refractivity contribution in [1.82, 2.24) is 0 Å². The van der Waals surface area contributed by atoms with Crippen molar-refractivity contribution < 1.29 is 19.4 Å². The summed E-state index contributed by atoms with van der Waals surface area (Å²) in [7, 11) is 0. The van der Waals surface area contributed by atoms with E-state index in [0.717, 1.165) is 0 Å². The third kappa shape index (κ3) is 7.87. The smallest absolute Gasteiger partial charge is 0.374 e. The zero-order chi connectivity index (χ0) is 7.82. The molecule has 0 rings (SSSR count). The van der Waals surface area contributed by atoms with Crippen LogP contribution in [0.3, 0.4) is 0 Å². The molecule has 0 aliphatic rings. The number of hydrogen-bond donors (Lipinski definition) is 1. The van der Waals surface area contributed by atoms with E-state index in [-0.39, 0.29) is 19.8 Å². The van der Waals surface area contributed by atoms with Gasteiger partial charge in [-0.2, -0.15) is 0 Å². The zero-order valence-electron chi connectivity index (χ0n) is 5.38. The first-order valence-corrected chi connectivity index (χ1v) is 3.57. The Hall–Kier alpha value is -0.130. The number of aliphatic hydroxyl groups excluding tert-OH is 1. The number of halogens is 1. The van der Waals surface area contributed by atoms with Crippen LogP contribution in [0.2, 0.25) is 0 Å². The lowest BCUT2D eigenvalue weighted by atomic mass is 10.7. The van der Waals surface area contributed by atoms with Gasteiger partial charge in [0.15, 0.2) is 0 Å². The SMILES string of the molecule is O=C(Br)OCCOCCO. The second kappa shape index (κ2) is 6.98. The van der Waals surface area contributed by atoms with Gasteiger partial charge in [-0.25, -0.2) is 4.79 Å². The van der Waals surface area contributed by atoms with Crippen LogP contribution in [0.4, 0.5) is 4.79 Å². The van der Waals surface area contributed by atoms with Crippen LogP contribution in [0.25, 0.3) is 0 Å². The van der Waals surface area contributed by atoms with Gasteiger partial charge in [-0.05, 0) is 0 Å². The maximum Gasteiger partial charge on any atom is 0.374 e. The lowest BCUT2D eigenvalue weighted by Gasteiger charge is -2.00. The number of rotatable bonds is 5. The monoisotopic (exact) mass is 212 g/mol. The molecule has 5 heteroatoms. The lowest BCUT2D eigenvalue weighted by molar-refractivity contribution is 0.0604. The minimum atomic E-state index is -0.500. The van der Waals surface area contributed by atoms with Crippen LogP contribution in [0, 0.1) is 0 Å². The first kappa shape index (κ1) is 9.87. The van der Waals surface area contributed by atoms with E-state index in [4.69, 9.17) is 9.84 Å². The summed E-state index contributed by atoms with van der Waals surface area (Å²) >= 11 is 2.58. The molecule has 0 aliphatic carbocycles. The molecule has 0 amide bonds. The van der Waals surface area contributed by atoms with Crippen LogP contribution in [0.1, 0.15) is 0 Å². The van der Waals surface area contributed by atoms with E-state index in [2.05, 4.69) is 20.7 Å². The molecule has 0 saturated heterocycles. The molecule has 4 nitrogen and oxygen atoms in total. The molecule has 0 aliphatic heterocycles. The van der Waals surface area contributed by atoms with Crippen LogP contribution < -0.4 is 0 Å². The normalized spacial score (nSPS) is 9.40. The molecule has 0 atom stereocenters. The van der Waals surface area contributed by atoms with E-state index in [9.17, 15) is 4.79 Å². The first-order valence-electron chi connectivity index (χ1n) is 2.78. The van der Waals surface area contributed by atoms with E-state index in [1.54, 1.807) is 0 Å². The molecule has 0 aromatic heterocycles. The van der Waals surface area contributed by atoms with Gasteiger partial charge in [0.25, 0.3) is 0 Å². The van der Waals surface area contributed by atoms with Gasteiger partial charge in [-0.3, -0.25) is 0 Å². The maximum absolute atomic E-state index is 10.1. The van der Waals surface area contributed by atoms with Crippen molar-refractivity contribution in [1.29, 1.82) is 0 Å². The number of carbonyl (C=O) groups excluding carboxylic acids is 1. The summed E-state index contributed by atoms with van der Waals surface area (Å²) in [5.74, 6) is 0. The summed E-state index contributed by atoms with van der Waals surface area (Å²) < 4.78 is 9.24. The molecular formula is C5H9BrO4. The fourth-order valence-electron chi connectivity index (χ4n) is 0.347. The van der Waals surface area contributed by atoms with Gasteiger partial charge in [-0.1, -0.05) is 0 Å². The largest absolute Gasteiger partial charge is 0.455 e. The first-order chi connectivity index (χ1) is 4.77. The Balaban J connectivity index is 2.84. The summed E-state index contributed by atoms with van der Waals surface area (Å²) in [6, 6.07) is 0. The molecule has 1 N–H and O–H groups in total. The Morgan fingerprint density at radius 2 is 2.10 bits per heavy atom. The van der Waals surface area contributed by atoms with Crippen molar-refractivity contribution in [3.63, 3.8) is 0 Å². The predicted octanol–water partition coefficient (Wildman–Crippen LogP) is 0.527.